The molecule has 1 atom stereocenters. The van der Waals surface area contributed by atoms with E-state index in [0.29, 0.717) is 18.3 Å². The maximum atomic E-state index is 10.7. The number of anilines is 1. The SMILES string of the molecule is CCC(CCO)CNc1cccc(C(=O)O)n1. The van der Waals surface area contributed by atoms with Gasteiger partial charge in [-0.15, -0.1) is 0 Å². The third kappa shape index (κ3) is 4.40. The average molecular weight is 238 g/mol. The molecule has 1 heterocycles. The van der Waals surface area contributed by atoms with Crippen LogP contribution in [-0.4, -0.2) is 34.3 Å². The van der Waals surface area contributed by atoms with E-state index in [1.807, 2.05) is 0 Å². The quantitative estimate of drug-likeness (QED) is 0.672. The first kappa shape index (κ1) is 13.4. The first-order valence-corrected chi connectivity index (χ1v) is 5.72. The number of aliphatic hydroxyl groups excluding tert-OH is 1. The van der Waals surface area contributed by atoms with Gasteiger partial charge in [-0.1, -0.05) is 19.4 Å². The summed E-state index contributed by atoms with van der Waals surface area (Å²) in [5, 5.41) is 20.7. The van der Waals surface area contributed by atoms with Gasteiger partial charge in [-0.05, 0) is 24.5 Å². The Morgan fingerprint density at radius 2 is 2.29 bits per heavy atom. The second kappa shape index (κ2) is 6.85. The van der Waals surface area contributed by atoms with E-state index < -0.39 is 5.97 Å². The molecule has 0 fully saturated rings. The van der Waals surface area contributed by atoms with Crippen molar-refractivity contribution in [3.8, 4) is 0 Å². The molecule has 3 N–H and O–H groups in total. The normalized spacial score (nSPS) is 12.1. The maximum absolute atomic E-state index is 10.7. The number of pyridine rings is 1. The van der Waals surface area contributed by atoms with Gasteiger partial charge in [-0.3, -0.25) is 0 Å². The van der Waals surface area contributed by atoms with Gasteiger partial charge < -0.3 is 15.5 Å². The number of carbonyl (C=O) groups is 1. The summed E-state index contributed by atoms with van der Waals surface area (Å²) >= 11 is 0. The van der Waals surface area contributed by atoms with E-state index in [1.165, 1.54) is 6.07 Å². The summed E-state index contributed by atoms with van der Waals surface area (Å²) in [6.07, 6.45) is 1.70. The molecule has 0 saturated heterocycles. The molecule has 0 aliphatic carbocycles. The zero-order chi connectivity index (χ0) is 12.7. The number of aromatic nitrogens is 1. The van der Waals surface area contributed by atoms with E-state index in [4.69, 9.17) is 10.2 Å². The van der Waals surface area contributed by atoms with Gasteiger partial charge in [0.15, 0.2) is 5.69 Å². The van der Waals surface area contributed by atoms with E-state index in [9.17, 15) is 4.79 Å². The second-order valence-corrected chi connectivity index (χ2v) is 3.88. The highest BCUT2D eigenvalue weighted by Crippen LogP contribution is 2.10. The van der Waals surface area contributed by atoms with Crippen LogP contribution in [0, 0.1) is 5.92 Å². The fourth-order valence-corrected chi connectivity index (χ4v) is 1.53. The molecular weight excluding hydrogens is 220 g/mol. The lowest BCUT2D eigenvalue weighted by atomic mass is 10.0. The van der Waals surface area contributed by atoms with Gasteiger partial charge in [0.2, 0.25) is 0 Å². The lowest BCUT2D eigenvalue weighted by molar-refractivity contribution is 0.0690. The zero-order valence-corrected chi connectivity index (χ0v) is 9.89. The predicted octanol–water partition coefficient (Wildman–Crippen LogP) is 1.60. The van der Waals surface area contributed by atoms with E-state index in [0.717, 1.165) is 12.8 Å². The Bertz CT molecular complexity index is 369. The van der Waals surface area contributed by atoms with E-state index in [-0.39, 0.29) is 12.3 Å². The van der Waals surface area contributed by atoms with Gasteiger partial charge in [-0.25, -0.2) is 9.78 Å². The van der Waals surface area contributed by atoms with Gasteiger partial charge in [0.25, 0.3) is 0 Å². The molecule has 1 unspecified atom stereocenters. The fraction of sp³-hybridized carbons (Fsp3) is 0.500. The summed E-state index contributed by atoms with van der Waals surface area (Å²) in [6, 6.07) is 4.85. The van der Waals surface area contributed by atoms with Crippen molar-refractivity contribution < 1.29 is 15.0 Å². The van der Waals surface area contributed by atoms with Crippen molar-refractivity contribution in [3.63, 3.8) is 0 Å². The van der Waals surface area contributed by atoms with Crippen molar-refractivity contribution in [3.05, 3.63) is 23.9 Å². The molecule has 94 valence electrons. The van der Waals surface area contributed by atoms with Crippen LogP contribution in [0.15, 0.2) is 18.2 Å². The Balaban J connectivity index is 2.56. The first-order chi connectivity index (χ1) is 8.17. The van der Waals surface area contributed by atoms with Gasteiger partial charge in [0.05, 0.1) is 0 Å². The van der Waals surface area contributed by atoms with E-state index >= 15 is 0 Å². The topological polar surface area (TPSA) is 82.5 Å². The molecule has 0 aliphatic rings. The summed E-state index contributed by atoms with van der Waals surface area (Å²) in [7, 11) is 0. The van der Waals surface area contributed by atoms with Gasteiger partial charge >= 0.3 is 5.97 Å². The molecule has 1 rings (SSSR count). The Labute approximate surface area is 101 Å². The van der Waals surface area contributed by atoms with Crippen molar-refractivity contribution in [1.82, 2.24) is 4.98 Å². The molecule has 1 aromatic heterocycles. The van der Waals surface area contributed by atoms with Crippen LogP contribution in [0.3, 0.4) is 0 Å². The molecule has 0 saturated carbocycles. The molecule has 0 bridgehead atoms. The second-order valence-electron chi connectivity index (χ2n) is 3.88. The maximum Gasteiger partial charge on any atom is 0.354 e. The minimum absolute atomic E-state index is 0.0326. The molecule has 0 amide bonds. The number of carboxylic acids is 1. The molecule has 5 nitrogen and oxygen atoms in total. The monoisotopic (exact) mass is 238 g/mol. The number of hydrogen-bond donors (Lipinski definition) is 3. The summed E-state index contributed by atoms with van der Waals surface area (Å²) in [5.41, 5.74) is 0.0326. The summed E-state index contributed by atoms with van der Waals surface area (Å²) < 4.78 is 0. The molecule has 0 aromatic carbocycles. The summed E-state index contributed by atoms with van der Waals surface area (Å²) in [4.78, 5) is 14.7. The molecular formula is C12H18N2O3. The molecule has 5 heteroatoms. The Kier molecular flexibility index (Phi) is 5.42. The number of carboxylic acid groups (broad SMARTS) is 1. The average Bonchev–Trinajstić information content (AvgIpc) is 2.34. The van der Waals surface area contributed by atoms with Crippen molar-refractivity contribution in [1.29, 1.82) is 0 Å². The highest BCUT2D eigenvalue weighted by molar-refractivity contribution is 5.85. The van der Waals surface area contributed by atoms with Crippen molar-refractivity contribution in [2.45, 2.75) is 19.8 Å². The van der Waals surface area contributed by atoms with Crippen LogP contribution in [0.5, 0.6) is 0 Å². The largest absolute Gasteiger partial charge is 0.477 e. The lowest BCUT2D eigenvalue weighted by Crippen LogP contribution is -2.16. The van der Waals surface area contributed by atoms with Gasteiger partial charge in [-0.2, -0.15) is 0 Å². The number of rotatable bonds is 7. The molecule has 17 heavy (non-hydrogen) atoms. The molecule has 0 spiro atoms. The molecule has 0 aliphatic heterocycles. The molecule has 0 radical (unpaired) electrons. The Morgan fingerprint density at radius 1 is 1.53 bits per heavy atom. The third-order valence-corrected chi connectivity index (χ3v) is 2.65. The number of aromatic carboxylic acids is 1. The number of hydrogen-bond acceptors (Lipinski definition) is 4. The fourth-order valence-electron chi connectivity index (χ4n) is 1.53. The van der Waals surface area contributed by atoms with Crippen LogP contribution in [-0.2, 0) is 0 Å². The minimum atomic E-state index is -1.03. The number of nitrogens with one attached hydrogen (secondary N) is 1. The van der Waals surface area contributed by atoms with E-state index in [1.54, 1.807) is 12.1 Å². The Morgan fingerprint density at radius 3 is 2.88 bits per heavy atom. The highest BCUT2D eigenvalue weighted by atomic mass is 16.4. The number of aliphatic hydroxyl groups is 1. The van der Waals surface area contributed by atoms with Crippen molar-refractivity contribution >= 4 is 11.8 Å². The van der Waals surface area contributed by atoms with Gasteiger partial charge in [0.1, 0.15) is 5.82 Å². The van der Waals surface area contributed by atoms with Crippen molar-refractivity contribution in [2.75, 3.05) is 18.5 Å². The predicted molar refractivity (Wildman–Crippen MR) is 65.2 cm³/mol. The highest BCUT2D eigenvalue weighted by Gasteiger charge is 2.07. The lowest BCUT2D eigenvalue weighted by Gasteiger charge is -2.14. The van der Waals surface area contributed by atoms with Crippen molar-refractivity contribution in [2.24, 2.45) is 5.92 Å². The molecule has 1 aromatic rings. The first-order valence-electron chi connectivity index (χ1n) is 5.72. The van der Waals surface area contributed by atoms with Crippen LogP contribution >= 0.6 is 0 Å². The zero-order valence-electron chi connectivity index (χ0n) is 9.89. The van der Waals surface area contributed by atoms with Crippen LogP contribution < -0.4 is 5.32 Å². The summed E-state index contributed by atoms with van der Waals surface area (Å²) in [5.74, 6) is -0.104. The van der Waals surface area contributed by atoms with Crippen LogP contribution in [0.2, 0.25) is 0 Å². The number of nitrogens with zero attached hydrogens (tertiary/aromatic N) is 1. The Hall–Kier alpha value is -1.62. The van der Waals surface area contributed by atoms with Crippen LogP contribution in [0.4, 0.5) is 5.82 Å². The van der Waals surface area contributed by atoms with Crippen LogP contribution in [0.25, 0.3) is 0 Å². The van der Waals surface area contributed by atoms with Crippen LogP contribution in [0.1, 0.15) is 30.3 Å². The third-order valence-electron chi connectivity index (χ3n) is 2.65. The van der Waals surface area contributed by atoms with Gasteiger partial charge in [0, 0.05) is 13.2 Å². The standard InChI is InChI=1S/C12H18N2O3/c1-2-9(6-7-15)8-13-11-5-3-4-10(14-11)12(16)17/h3-5,9,15H,2,6-8H2,1H3,(H,13,14)(H,16,17). The smallest absolute Gasteiger partial charge is 0.354 e. The van der Waals surface area contributed by atoms with E-state index in [2.05, 4.69) is 17.2 Å². The minimum Gasteiger partial charge on any atom is -0.477 e. The summed E-state index contributed by atoms with van der Waals surface area (Å²) in [6.45, 7) is 2.92.